The molecular formula is C35H30BrN3O6. The largest absolute Gasteiger partial charge is 0.497 e. The van der Waals surface area contributed by atoms with E-state index in [9.17, 15) is 9.59 Å². The van der Waals surface area contributed by atoms with Crippen LogP contribution in [0.5, 0.6) is 23.0 Å². The molecule has 1 aromatic heterocycles. The highest BCUT2D eigenvalue weighted by Crippen LogP contribution is 2.41. The number of nitrogens with zero attached hydrogens (tertiary/aromatic N) is 2. The number of aromatic amines is 1. The van der Waals surface area contributed by atoms with Crippen molar-refractivity contribution in [3.63, 3.8) is 0 Å². The normalized spacial score (nSPS) is 14.3. The first-order valence-electron chi connectivity index (χ1n) is 14.1. The van der Waals surface area contributed by atoms with Crippen LogP contribution in [0, 0.1) is 0 Å². The number of methoxy groups -OCH3 is 4. The summed E-state index contributed by atoms with van der Waals surface area (Å²) >= 11 is 3.59. The third-order valence-electron chi connectivity index (χ3n) is 7.86. The van der Waals surface area contributed by atoms with Gasteiger partial charge >= 0.3 is 0 Å². The third-order valence-corrected chi connectivity index (χ3v) is 8.35. The molecule has 6 rings (SSSR count). The molecule has 1 atom stereocenters. The summed E-state index contributed by atoms with van der Waals surface area (Å²) in [5.74, 6) is 1.34. The predicted octanol–water partition coefficient (Wildman–Crippen LogP) is 6.98. The second kappa shape index (κ2) is 12.5. The van der Waals surface area contributed by atoms with Crippen molar-refractivity contribution in [1.82, 2.24) is 9.99 Å². The summed E-state index contributed by atoms with van der Waals surface area (Å²) in [6.07, 6.45) is 0.297. The lowest BCUT2D eigenvalue weighted by Gasteiger charge is -2.23. The van der Waals surface area contributed by atoms with Crippen LogP contribution >= 0.6 is 15.9 Å². The molecule has 9 nitrogen and oxygen atoms in total. The monoisotopic (exact) mass is 667 g/mol. The van der Waals surface area contributed by atoms with Crippen LogP contribution in [0.25, 0.3) is 22.0 Å². The zero-order valence-electron chi connectivity index (χ0n) is 25.1. The lowest BCUT2D eigenvalue weighted by Crippen LogP contribution is -2.27. The van der Waals surface area contributed by atoms with Gasteiger partial charge in [-0.2, -0.15) is 5.10 Å². The van der Waals surface area contributed by atoms with Crippen LogP contribution in [-0.4, -0.2) is 50.1 Å². The zero-order chi connectivity index (χ0) is 31.7. The second-order valence-corrected chi connectivity index (χ2v) is 11.3. The van der Waals surface area contributed by atoms with Crippen LogP contribution in [0.15, 0.2) is 99.3 Å². The van der Waals surface area contributed by atoms with Crippen molar-refractivity contribution in [2.24, 2.45) is 5.10 Å². The quantitative estimate of drug-likeness (QED) is 0.191. The molecule has 0 saturated heterocycles. The first-order valence-corrected chi connectivity index (χ1v) is 14.9. The molecule has 4 aromatic carbocycles. The van der Waals surface area contributed by atoms with E-state index in [0.29, 0.717) is 46.2 Å². The summed E-state index contributed by atoms with van der Waals surface area (Å²) in [6, 6.07) is 25.6. The van der Waals surface area contributed by atoms with Crippen LogP contribution in [0.2, 0.25) is 0 Å². The molecule has 228 valence electrons. The van der Waals surface area contributed by atoms with E-state index in [2.05, 4.69) is 20.9 Å². The molecule has 0 spiro atoms. The Bertz CT molecular complexity index is 1960. The number of aromatic nitrogens is 1. The number of amides is 1. The van der Waals surface area contributed by atoms with Gasteiger partial charge in [0.2, 0.25) is 5.75 Å². The molecule has 0 bridgehead atoms. The van der Waals surface area contributed by atoms with Crippen molar-refractivity contribution < 1.29 is 23.7 Å². The minimum Gasteiger partial charge on any atom is -0.497 e. The molecule has 5 aromatic rings. The Morgan fingerprint density at radius 2 is 1.53 bits per heavy atom. The highest BCUT2D eigenvalue weighted by molar-refractivity contribution is 9.10. The van der Waals surface area contributed by atoms with E-state index in [1.807, 2.05) is 72.8 Å². The first-order chi connectivity index (χ1) is 21.9. The van der Waals surface area contributed by atoms with Gasteiger partial charge in [-0.25, -0.2) is 5.01 Å². The minimum atomic E-state index is -0.515. The smallest absolute Gasteiger partial charge is 0.274 e. The van der Waals surface area contributed by atoms with Crippen LogP contribution in [0.4, 0.5) is 0 Å². The lowest BCUT2D eigenvalue weighted by atomic mass is 9.91. The summed E-state index contributed by atoms with van der Waals surface area (Å²) in [4.78, 5) is 31.2. The van der Waals surface area contributed by atoms with Crippen LogP contribution in [-0.2, 0) is 0 Å². The van der Waals surface area contributed by atoms with Gasteiger partial charge in [0.15, 0.2) is 11.5 Å². The fraction of sp³-hybridized carbons (Fsp3) is 0.171. The average Bonchev–Trinajstić information content (AvgIpc) is 3.52. The van der Waals surface area contributed by atoms with Gasteiger partial charge in [-0.3, -0.25) is 9.59 Å². The topological polar surface area (TPSA) is 102 Å². The van der Waals surface area contributed by atoms with E-state index < -0.39 is 11.9 Å². The third kappa shape index (κ3) is 5.53. The molecule has 1 N–H and O–H groups in total. The number of ether oxygens (including phenoxy) is 4. The lowest BCUT2D eigenvalue weighted by molar-refractivity contribution is 0.0710. The summed E-state index contributed by atoms with van der Waals surface area (Å²) in [7, 11) is 6.09. The number of halogens is 1. The van der Waals surface area contributed by atoms with Gasteiger partial charge in [-0.15, -0.1) is 0 Å². The van der Waals surface area contributed by atoms with Gasteiger partial charge < -0.3 is 23.9 Å². The highest BCUT2D eigenvalue weighted by atomic mass is 79.9. The number of benzene rings is 4. The Morgan fingerprint density at radius 1 is 0.844 bits per heavy atom. The number of carbonyl (C=O) groups is 1. The van der Waals surface area contributed by atoms with Crippen molar-refractivity contribution in [3.05, 3.63) is 116 Å². The van der Waals surface area contributed by atoms with Crippen molar-refractivity contribution in [2.45, 2.75) is 12.5 Å². The number of H-pyrrole nitrogens is 1. The maximum Gasteiger partial charge on any atom is 0.274 e. The van der Waals surface area contributed by atoms with Crippen LogP contribution < -0.4 is 24.5 Å². The standard InChI is InChI=1S/C35H30BrN3O6/c1-42-24-13-10-20(11-14-24)28-19-27(38-39(28)35(41)22-16-29(43-2)33(45-4)30(17-22)44-3)32-31(21-8-6-5-7-9-21)25-18-23(36)12-15-26(25)37-34(32)40/h5-18,28H,19H2,1-4H3,(H,37,40). The fourth-order valence-corrected chi connectivity index (χ4v) is 6.08. The Labute approximate surface area is 268 Å². The van der Waals surface area contributed by atoms with Crippen molar-refractivity contribution in [2.75, 3.05) is 28.4 Å². The number of carbonyl (C=O) groups excluding carboxylic acids is 1. The Hall–Kier alpha value is -5.09. The fourth-order valence-electron chi connectivity index (χ4n) is 5.72. The molecule has 0 radical (unpaired) electrons. The molecule has 10 heteroatoms. The SMILES string of the molecule is COc1ccc(C2CC(c3c(-c4ccccc4)c4cc(Br)ccc4[nH]c3=O)=NN2C(=O)c2cc(OC)c(OC)c(OC)c2)cc1. The molecule has 1 aliphatic rings. The van der Waals surface area contributed by atoms with Crippen molar-refractivity contribution in [1.29, 1.82) is 0 Å². The van der Waals surface area contributed by atoms with Crippen molar-refractivity contribution in [3.8, 4) is 34.1 Å². The van der Waals surface area contributed by atoms with E-state index in [0.717, 1.165) is 26.5 Å². The Balaban J connectivity index is 1.56. The van der Waals surface area contributed by atoms with Gasteiger partial charge in [0.05, 0.1) is 45.8 Å². The molecule has 0 saturated carbocycles. The molecular weight excluding hydrogens is 638 g/mol. The molecule has 2 heterocycles. The van der Waals surface area contributed by atoms with Crippen LogP contribution in [0.1, 0.15) is 33.9 Å². The molecule has 1 unspecified atom stereocenters. The average molecular weight is 669 g/mol. The van der Waals surface area contributed by atoms with Gasteiger partial charge in [-0.1, -0.05) is 58.4 Å². The molecule has 1 amide bonds. The highest BCUT2D eigenvalue weighted by Gasteiger charge is 2.36. The molecule has 1 aliphatic heterocycles. The van der Waals surface area contributed by atoms with E-state index in [1.165, 1.54) is 26.3 Å². The van der Waals surface area contributed by atoms with Gasteiger partial charge in [0.25, 0.3) is 11.5 Å². The summed E-state index contributed by atoms with van der Waals surface area (Å²) in [5, 5.41) is 7.17. The number of fused-ring (bicyclic) bond motifs is 1. The number of hydrazone groups is 1. The van der Waals surface area contributed by atoms with E-state index in [-0.39, 0.29) is 11.1 Å². The van der Waals surface area contributed by atoms with E-state index >= 15 is 0 Å². The summed E-state index contributed by atoms with van der Waals surface area (Å²) in [5.41, 5.74) is 4.01. The van der Waals surface area contributed by atoms with Crippen LogP contribution in [0.3, 0.4) is 0 Å². The Morgan fingerprint density at radius 3 is 2.16 bits per heavy atom. The second-order valence-electron chi connectivity index (χ2n) is 10.4. The maximum absolute atomic E-state index is 14.3. The summed E-state index contributed by atoms with van der Waals surface area (Å²) < 4.78 is 22.7. The summed E-state index contributed by atoms with van der Waals surface area (Å²) in [6.45, 7) is 0. The number of rotatable bonds is 8. The number of hydrogen-bond donors (Lipinski definition) is 1. The molecule has 0 fully saturated rings. The molecule has 0 aliphatic carbocycles. The predicted molar refractivity (Wildman–Crippen MR) is 177 cm³/mol. The first kappa shape index (κ1) is 30.0. The van der Waals surface area contributed by atoms with Crippen molar-refractivity contribution >= 4 is 38.5 Å². The van der Waals surface area contributed by atoms with Gasteiger partial charge in [0, 0.05) is 32.9 Å². The maximum atomic E-state index is 14.3. The zero-order valence-corrected chi connectivity index (χ0v) is 26.7. The Kier molecular flexibility index (Phi) is 8.32. The number of hydrogen-bond acceptors (Lipinski definition) is 7. The van der Waals surface area contributed by atoms with Gasteiger partial charge in [-0.05, 0) is 53.6 Å². The number of nitrogens with one attached hydrogen (secondary N) is 1. The number of pyridine rings is 1. The molecule has 45 heavy (non-hydrogen) atoms. The van der Waals surface area contributed by atoms with E-state index in [4.69, 9.17) is 24.0 Å². The minimum absolute atomic E-state index is 0.285. The van der Waals surface area contributed by atoms with Gasteiger partial charge in [0.1, 0.15) is 5.75 Å². The van der Waals surface area contributed by atoms with E-state index in [1.54, 1.807) is 19.2 Å².